The second-order valence-corrected chi connectivity index (χ2v) is 12.2. The van der Waals surface area contributed by atoms with Gasteiger partial charge in [0.05, 0.1) is 0 Å². The largest absolute Gasteiger partial charge is 0.300 e. The van der Waals surface area contributed by atoms with Crippen LogP contribution in [-0.4, -0.2) is 17.3 Å². The van der Waals surface area contributed by atoms with Crippen molar-refractivity contribution in [2.75, 3.05) is 0 Å². The number of benzene rings is 1. The smallest absolute Gasteiger partial charge is 0.162 e. The molecule has 0 saturated heterocycles. The monoisotopic (exact) mass is 478 g/mol. The molecule has 0 spiro atoms. The lowest BCUT2D eigenvalue weighted by Gasteiger charge is -2.37. The van der Waals surface area contributed by atoms with Gasteiger partial charge in [0.2, 0.25) is 0 Å². The fourth-order valence-corrected chi connectivity index (χ4v) is 5.49. The van der Waals surface area contributed by atoms with Gasteiger partial charge in [-0.05, 0) is 59.8 Å². The Labute approximate surface area is 213 Å². The molecule has 0 heterocycles. The predicted molar refractivity (Wildman–Crippen MR) is 146 cm³/mol. The third-order valence-corrected chi connectivity index (χ3v) is 8.15. The summed E-state index contributed by atoms with van der Waals surface area (Å²) in [6.07, 6.45) is 5.71. The van der Waals surface area contributed by atoms with Crippen molar-refractivity contribution < 1.29 is 14.4 Å². The van der Waals surface area contributed by atoms with E-state index in [0.29, 0.717) is 17.9 Å². The van der Waals surface area contributed by atoms with Crippen molar-refractivity contribution >= 4 is 22.9 Å². The van der Waals surface area contributed by atoms with Crippen LogP contribution in [0.25, 0.3) is 5.57 Å². The highest BCUT2D eigenvalue weighted by molar-refractivity contribution is 6.00. The van der Waals surface area contributed by atoms with Crippen LogP contribution in [0.3, 0.4) is 0 Å². The molecule has 0 radical (unpaired) electrons. The van der Waals surface area contributed by atoms with Gasteiger partial charge in [-0.3, -0.25) is 14.4 Å². The third kappa shape index (κ3) is 6.48. The van der Waals surface area contributed by atoms with Gasteiger partial charge in [-0.15, -0.1) is 0 Å². The van der Waals surface area contributed by atoms with Gasteiger partial charge in [0.1, 0.15) is 11.6 Å². The fraction of sp³-hybridized carbons (Fsp3) is 0.594. The number of ketones is 3. The molecule has 0 aliphatic heterocycles. The minimum atomic E-state index is -0.396. The van der Waals surface area contributed by atoms with Gasteiger partial charge < -0.3 is 0 Å². The van der Waals surface area contributed by atoms with Crippen LogP contribution in [0, 0.1) is 28.6 Å². The van der Waals surface area contributed by atoms with Gasteiger partial charge in [-0.1, -0.05) is 91.8 Å². The molecule has 2 rings (SSSR count). The molecule has 0 amide bonds. The number of carbonyl (C=O) groups is 3. The molecular formula is C32H46O3. The lowest BCUT2D eigenvalue weighted by atomic mass is 9.65. The molecule has 3 nitrogen and oxygen atoms in total. The zero-order valence-electron chi connectivity index (χ0n) is 23.6. The van der Waals surface area contributed by atoms with Gasteiger partial charge in [0.25, 0.3) is 0 Å². The summed E-state index contributed by atoms with van der Waals surface area (Å²) in [5.74, 6) is -0.0414. The molecule has 4 atom stereocenters. The summed E-state index contributed by atoms with van der Waals surface area (Å²) in [7, 11) is 0. The maximum Gasteiger partial charge on any atom is 0.162 e. The number of Topliss-reactive ketones (excluding diaryl/α,β-unsaturated/α-hetero) is 3. The topological polar surface area (TPSA) is 51.2 Å². The van der Waals surface area contributed by atoms with Crippen molar-refractivity contribution in [1.29, 1.82) is 0 Å². The summed E-state index contributed by atoms with van der Waals surface area (Å²) in [6.45, 7) is 20.1. The highest BCUT2D eigenvalue weighted by Crippen LogP contribution is 2.50. The van der Waals surface area contributed by atoms with Crippen LogP contribution in [0.1, 0.15) is 106 Å². The number of fused-ring (bicyclic) bond motifs is 1. The molecule has 1 aromatic rings. The minimum absolute atomic E-state index is 0.0216. The van der Waals surface area contributed by atoms with Gasteiger partial charge >= 0.3 is 0 Å². The first-order valence-corrected chi connectivity index (χ1v) is 13.2. The Bertz CT molecular complexity index is 1020. The number of rotatable bonds is 11. The van der Waals surface area contributed by atoms with Crippen molar-refractivity contribution in [3.63, 3.8) is 0 Å². The van der Waals surface area contributed by atoms with Crippen molar-refractivity contribution in [2.45, 2.75) is 94.4 Å². The average Bonchev–Trinajstić information content (AvgIpc) is 3.12. The summed E-state index contributed by atoms with van der Waals surface area (Å²) in [6, 6.07) is 8.49. The van der Waals surface area contributed by atoms with E-state index in [4.69, 9.17) is 0 Å². The third-order valence-electron chi connectivity index (χ3n) is 8.15. The highest BCUT2D eigenvalue weighted by atomic mass is 16.1. The quantitative estimate of drug-likeness (QED) is 0.303. The van der Waals surface area contributed by atoms with E-state index in [0.717, 1.165) is 6.42 Å². The zero-order chi connectivity index (χ0) is 26.7. The Balaban J connectivity index is 2.32. The summed E-state index contributed by atoms with van der Waals surface area (Å²) in [4.78, 5) is 39.0. The molecule has 192 valence electrons. The second-order valence-electron chi connectivity index (χ2n) is 12.2. The average molecular weight is 479 g/mol. The molecule has 3 heteroatoms. The van der Waals surface area contributed by atoms with E-state index in [1.807, 2.05) is 40.7 Å². The van der Waals surface area contributed by atoms with Gasteiger partial charge in [0.15, 0.2) is 5.78 Å². The van der Waals surface area contributed by atoms with Crippen LogP contribution in [0.4, 0.5) is 0 Å². The summed E-state index contributed by atoms with van der Waals surface area (Å²) in [5, 5.41) is 0. The van der Waals surface area contributed by atoms with Crippen LogP contribution in [-0.2, 0) is 14.4 Å². The lowest BCUT2D eigenvalue weighted by Crippen LogP contribution is -2.37. The molecule has 0 fully saturated rings. The lowest BCUT2D eigenvalue weighted by molar-refractivity contribution is -0.132. The summed E-state index contributed by atoms with van der Waals surface area (Å²) < 4.78 is 0. The van der Waals surface area contributed by atoms with Crippen LogP contribution in [0.5, 0.6) is 0 Å². The summed E-state index contributed by atoms with van der Waals surface area (Å²) in [5.41, 5.74) is 3.79. The van der Waals surface area contributed by atoms with Crippen LogP contribution < -0.4 is 0 Å². The zero-order valence-corrected chi connectivity index (χ0v) is 23.6. The van der Waals surface area contributed by atoms with E-state index in [1.165, 1.54) is 16.7 Å². The fourth-order valence-electron chi connectivity index (χ4n) is 5.49. The molecule has 0 bridgehead atoms. The van der Waals surface area contributed by atoms with Gasteiger partial charge in [-0.2, -0.15) is 0 Å². The van der Waals surface area contributed by atoms with Crippen molar-refractivity contribution in [2.24, 2.45) is 28.6 Å². The second kappa shape index (κ2) is 11.2. The number of hydrogen-bond acceptors (Lipinski definition) is 3. The first-order valence-electron chi connectivity index (χ1n) is 13.2. The normalized spacial score (nSPS) is 19.0. The maximum absolute atomic E-state index is 13.9. The molecule has 0 N–H and O–H groups in total. The number of carbonyl (C=O) groups excluding carboxylic acids is 3. The molecule has 1 aliphatic carbocycles. The Morgan fingerprint density at radius 1 is 1.00 bits per heavy atom. The van der Waals surface area contributed by atoms with Gasteiger partial charge in [0, 0.05) is 30.1 Å². The van der Waals surface area contributed by atoms with Crippen LogP contribution in [0.15, 0.2) is 42.0 Å². The summed E-state index contributed by atoms with van der Waals surface area (Å²) >= 11 is 0. The first-order chi connectivity index (χ1) is 16.1. The van der Waals surface area contributed by atoms with Crippen molar-refractivity contribution in [3.05, 3.63) is 53.1 Å². The standard InChI is InChI=1S/C32H46O3/c1-11-26(32(9,10)27-18-22(4)24-14-12-13-15-25(24)27)29(34)19-28(31(6,7)8)30(35)21(3)17-16-20(2)23(5)33/h12-15,17-18,20,22,26,28H,11,16,19H2,1-10H3/b21-17+. The van der Waals surface area contributed by atoms with E-state index in [2.05, 4.69) is 58.0 Å². The first kappa shape index (κ1) is 28.9. The van der Waals surface area contributed by atoms with Crippen LogP contribution >= 0.6 is 0 Å². The van der Waals surface area contributed by atoms with E-state index in [-0.39, 0.29) is 46.4 Å². The highest BCUT2D eigenvalue weighted by Gasteiger charge is 2.42. The molecule has 1 aromatic carbocycles. The Morgan fingerprint density at radius 3 is 2.14 bits per heavy atom. The molecule has 0 saturated carbocycles. The SMILES string of the molecule is CCC(C(=O)CC(C(=O)/C(C)=C/CC(C)C(C)=O)C(C)(C)C)C(C)(C)C1=CC(C)c2ccccc21. The maximum atomic E-state index is 13.9. The molecule has 35 heavy (non-hydrogen) atoms. The predicted octanol–water partition coefficient (Wildman–Crippen LogP) is 7.99. The number of hydrogen-bond donors (Lipinski definition) is 0. The Kier molecular flexibility index (Phi) is 9.25. The molecular weight excluding hydrogens is 432 g/mol. The van der Waals surface area contributed by atoms with E-state index >= 15 is 0 Å². The number of allylic oxidation sites excluding steroid dienone is 4. The molecule has 4 unspecified atom stereocenters. The Hall–Kier alpha value is -2.29. The minimum Gasteiger partial charge on any atom is -0.300 e. The molecule has 0 aromatic heterocycles. The van der Waals surface area contributed by atoms with E-state index in [9.17, 15) is 14.4 Å². The van der Waals surface area contributed by atoms with Crippen molar-refractivity contribution in [3.8, 4) is 0 Å². The van der Waals surface area contributed by atoms with Crippen molar-refractivity contribution in [1.82, 2.24) is 0 Å². The van der Waals surface area contributed by atoms with E-state index < -0.39 is 5.92 Å². The molecule has 1 aliphatic rings. The van der Waals surface area contributed by atoms with Gasteiger partial charge in [-0.25, -0.2) is 0 Å². The van der Waals surface area contributed by atoms with E-state index in [1.54, 1.807) is 6.92 Å². The Morgan fingerprint density at radius 2 is 1.60 bits per heavy atom. The van der Waals surface area contributed by atoms with Crippen LogP contribution in [0.2, 0.25) is 0 Å².